The highest BCUT2D eigenvalue weighted by molar-refractivity contribution is 14.1. The van der Waals surface area contributed by atoms with Gasteiger partial charge < -0.3 is 10.2 Å². The van der Waals surface area contributed by atoms with Crippen LogP contribution >= 0.6 is 22.6 Å². The summed E-state index contributed by atoms with van der Waals surface area (Å²) in [6.45, 7) is 0. The number of benzene rings is 3. The van der Waals surface area contributed by atoms with E-state index >= 15 is 0 Å². The maximum atomic E-state index is 12.9. The smallest absolute Gasteiger partial charge is 0.281 e. The lowest BCUT2D eigenvalue weighted by molar-refractivity contribution is -0.136. The molecular weight excluding hydrogens is 455 g/mol. The van der Waals surface area contributed by atoms with E-state index in [1.807, 2.05) is 34.7 Å². The van der Waals surface area contributed by atoms with Gasteiger partial charge in [-0.2, -0.15) is 5.10 Å². The third kappa shape index (κ3) is 4.17. The molecule has 0 atom stereocenters. The van der Waals surface area contributed by atoms with Gasteiger partial charge in [-0.15, -0.1) is 0 Å². The van der Waals surface area contributed by atoms with Crippen molar-refractivity contribution in [2.75, 3.05) is 0 Å². The number of rotatable bonds is 5. The lowest BCUT2D eigenvalue weighted by atomic mass is 9.85. The van der Waals surface area contributed by atoms with Gasteiger partial charge in [0.15, 0.2) is 5.60 Å². The first-order valence-corrected chi connectivity index (χ1v) is 9.25. The molecule has 5 nitrogen and oxygen atoms in total. The van der Waals surface area contributed by atoms with Crippen LogP contribution in [-0.2, 0) is 10.4 Å². The Kier molecular flexibility index (Phi) is 5.88. The van der Waals surface area contributed by atoms with Crippen molar-refractivity contribution in [2.24, 2.45) is 5.10 Å². The molecule has 0 aliphatic heterocycles. The second kappa shape index (κ2) is 8.32. The highest BCUT2D eigenvalue weighted by Crippen LogP contribution is 2.29. The predicted octanol–water partition coefficient (Wildman–Crippen LogP) is 3.38. The summed E-state index contributed by atoms with van der Waals surface area (Å²) in [6.07, 6.45) is 1.45. The fourth-order valence-corrected chi connectivity index (χ4v) is 3.18. The summed E-state index contributed by atoms with van der Waals surface area (Å²) in [5, 5.41) is 24.8. The number of hydrogen-bond acceptors (Lipinski definition) is 4. The Balaban J connectivity index is 1.88. The van der Waals surface area contributed by atoms with Crippen molar-refractivity contribution in [1.29, 1.82) is 0 Å². The highest BCUT2D eigenvalue weighted by atomic mass is 127. The number of nitrogens with one attached hydrogen (secondary N) is 1. The number of aromatic hydroxyl groups is 1. The van der Waals surface area contributed by atoms with Crippen LogP contribution in [0, 0.1) is 3.57 Å². The van der Waals surface area contributed by atoms with Gasteiger partial charge in [0.1, 0.15) is 5.75 Å². The predicted molar refractivity (Wildman–Crippen MR) is 112 cm³/mol. The van der Waals surface area contributed by atoms with Crippen molar-refractivity contribution in [3.63, 3.8) is 0 Å². The zero-order chi connectivity index (χ0) is 19.3. The fourth-order valence-electron chi connectivity index (χ4n) is 2.64. The van der Waals surface area contributed by atoms with Gasteiger partial charge in [0.2, 0.25) is 0 Å². The monoisotopic (exact) mass is 472 g/mol. The Hall–Kier alpha value is -2.71. The normalized spacial score (nSPS) is 11.5. The molecule has 3 rings (SSSR count). The van der Waals surface area contributed by atoms with Gasteiger partial charge in [0.25, 0.3) is 5.91 Å². The van der Waals surface area contributed by atoms with Crippen LogP contribution in [0.2, 0.25) is 0 Å². The van der Waals surface area contributed by atoms with Gasteiger partial charge in [-0.1, -0.05) is 60.7 Å². The summed E-state index contributed by atoms with van der Waals surface area (Å²) < 4.78 is 0.674. The molecule has 0 unspecified atom stereocenters. The van der Waals surface area contributed by atoms with Crippen molar-refractivity contribution in [1.82, 2.24) is 5.43 Å². The van der Waals surface area contributed by atoms with Crippen LogP contribution in [0.25, 0.3) is 0 Å². The van der Waals surface area contributed by atoms with E-state index in [1.165, 1.54) is 6.21 Å². The molecule has 0 aliphatic rings. The largest absolute Gasteiger partial charge is 0.507 e. The van der Waals surface area contributed by atoms with Crippen LogP contribution in [0.5, 0.6) is 5.75 Å². The zero-order valence-electron chi connectivity index (χ0n) is 14.2. The standard InChI is InChI=1S/C21H17IN2O3/c22-18-13-15(11-12-19(18)25)14-23-24-20(26)21(27,16-7-3-1-4-8-16)17-9-5-2-6-10-17/h1-14,25,27H,(H,24,26). The summed E-state index contributed by atoms with van der Waals surface area (Å²) >= 11 is 2.00. The summed E-state index contributed by atoms with van der Waals surface area (Å²) in [6, 6.07) is 22.4. The van der Waals surface area contributed by atoms with E-state index < -0.39 is 11.5 Å². The number of carbonyl (C=O) groups excluding carboxylic acids is 1. The number of phenolic OH excluding ortho intramolecular Hbond substituents is 1. The molecule has 0 saturated carbocycles. The molecule has 3 aromatic carbocycles. The van der Waals surface area contributed by atoms with Gasteiger partial charge in [-0.3, -0.25) is 4.79 Å². The third-order valence-electron chi connectivity index (χ3n) is 4.06. The minimum absolute atomic E-state index is 0.180. The summed E-state index contributed by atoms with van der Waals surface area (Å²) in [4.78, 5) is 12.9. The Morgan fingerprint density at radius 3 is 2.04 bits per heavy atom. The Bertz CT molecular complexity index is 920. The third-order valence-corrected chi connectivity index (χ3v) is 4.93. The summed E-state index contributed by atoms with van der Waals surface area (Å²) in [7, 11) is 0. The van der Waals surface area contributed by atoms with Crippen molar-refractivity contribution in [2.45, 2.75) is 5.60 Å². The second-order valence-electron chi connectivity index (χ2n) is 5.85. The van der Waals surface area contributed by atoms with Gasteiger partial charge >= 0.3 is 0 Å². The number of phenols is 1. The van der Waals surface area contributed by atoms with Crippen LogP contribution in [-0.4, -0.2) is 22.3 Å². The van der Waals surface area contributed by atoms with E-state index in [0.717, 1.165) is 0 Å². The molecule has 27 heavy (non-hydrogen) atoms. The van der Waals surface area contributed by atoms with Crippen LogP contribution in [0.15, 0.2) is 84.0 Å². The second-order valence-corrected chi connectivity index (χ2v) is 7.01. The molecule has 6 heteroatoms. The summed E-state index contributed by atoms with van der Waals surface area (Å²) in [5.74, 6) is -0.482. The molecule has 0 saturated heterocycles. The maximum Gasteiger partial charge on any atom is 0.281 e. The van der Waals surface area contributed by atoms with Gasteiger partial charge in [-0.25, -0.2) is 5.43 Å². The van der Waals surface area contributed by atoms with Crippen LogP contribution in [0.4, 0.5) is 0 Å². The van der Waals surface area contributed by atoms with Gasteiger partial charge in [-0.05, 0) is 57.5 Å². The molecule has 0 heterocycles. The number of carbonyl (C=O) groups is 1. The number of hydrazone groups is 1. The zero-order valence-corrected chi connectivity index (χ0v) is 16.4. The molecule has 0 aliphatic carbocycles. The first-order valence-electron chi connectivity index (χ1n) is 8.17. The van der Waals surface area contributed by atoms with Gasteiger partial charge in [0, 0.05) is 0 Å². The number of aliphatic hydroxyl groups is 1. The van der Waals surface area contributed by atoms with Gasteiger partial charge in [0.05, 0.1) is 9.78 Å². The molecule has 0 aromatic heterocycles. The maximum absolute atomic E-state index is 12.9. The lowest BCUT2D eigenvalue weighted by Gasteiger charge is -2.27. The SMILES string of the molecule is O=C(NN=Cc1ccc(O)c(I)c1)C(O)(c1ccccc1)c1ccccc1. The molecule has 3 aromatic rings. The first-order chi connectivity index (χ1) is 13.0. The number of nitrogens with zero attached hydrogens (tertiary/aromatic N) is 1. The average molecular weight is 472 g/mol. The summed E-state index contributed by atoms with van der Waals surface area (Å²) in [5.41, 5.74) is 2.15. The topological polar surface area (TPSA) is 81.9 Å². The minimum atomic E-state index is -1.87. The molecule has 0 fully saturated rings. The van der Waals surface area contributed by atoms with E-state index in [4.69, 9.17) is 0 Å². The van der Waals surface area contributed by atoms with E-state index in [1.54, 1.807) is 66.7 Å². The van der Waals surface area contributed by atoms with E-state index in [-0.39, 0.29) is 5.75 Å². The van der Waals surface area contributed by atoms with Crippen LogP contribution in [0.1, 0.15) is 16.7 Å². The van der Waals surface area contributed by atoms with E-state index in [2.05, 4.69) is 10.5 Å². The number of amides is 1. The molecule has 0 radical (unpaired) electrons. The molecule has 136 valence electrons. The Morgan fingerprint density at radius 1 is 0.963 bits per heavy atom. The highest BCUT2D eigenvalue weighted by Gasteiger charge is 2.39. The van der Waals surface area contributed by atoms with Crippen molar-refractivity contribution < 1.29 is 15.0 Å². The Morgan fingerprint density at radius 2 is 1.52 bits per heavy atom. The van der Waals surface area contributed by atoms with E-state index in [9.17, 15) is 15.0 Å². The fraction of sp³-hybridized carbons (Fsp3) is 0.0476. The molecule has 0 spiro atoms. The van der Waals surface area contributed by atoms with Crippen LogP contribution in [0.3, 0.4) is 0 Å². The van der Waals surface area contributed by atoms with Crippen molar-refractivity contribution in [3.8, 4) is 5.75 Å². The molecule has 1 amide bonds. The quantitative estimate of drug-likeness (QED) is 0.303. The lowest BCUT2D eigenvalue weighted by Crippen LogP contribution is -2.43. The van der Waals surface area contributed by atoms with Crippen molar-refractivity contribution >= 4 is 34.7 Å². The molecule has 0 bridgehead atoms. The minimum Gasteiger partial charge on any atom is -0.507 e. The molecule has 3 N–H and O–H groups in total. The number of halogens is 1. The van der Waals surface area contributed by atoms with E-state index in [0.29, 0.717) is 20.3 Å². The number of hydrogen-bond donors (Lipinski definition) is 3. The average Bonchev–Trinajstić information content (AvgIpc) is 2.71. The Labute approximate surface area is 170 Å². The van der Waals surface area contributed by atoms with Crippen molar-refractivity contribution in [3.05, 3.63) is 99.1 Å². The van der Waals surface area contributed by atoms with Crippen LogP contribution < -0.4 is 5.43 Å². The molecular formula is C21H17IN2O3. The first kappa shape index (κ1) is 19.1.